The maximum Gasteiger partial charge on any atom is 0.208 e. The Bertz CT molecular complexity index is 322. The Labute approximate surface area is 58.0 Å². The van der Waals surface area contributed by atoms with Gasteiger partial charge in [0.05, 0.1) is 11.1 Å². The molecule has 0 radical (unpaired) electrons. The fourth-order valence-corrected chi connectivity index (χ4v) is 1.06. The summed E-state index contributed by atoms with van der Waals surface area (Å²) in [6, 6.07) is 1.94. The number of hydrogen-bond donors (Lipinski definition) is 1. The number of fused-ring (bicyclic) bond motifs is 1. The molecule has 0 aromatic carbocycles. The van der Waals surface area contributed by atoms with Gasteiger partial charge in [0.2, 0.25) is 5.71 Å². The third kappa shape index (κ3) is 0.492. The summed E-state index contributed by atoms with van der Waals surface area (Å²) < 4.78 is 7.05. The topological polar surface area (TPSA) is 44.1 Å². The first-order chi connectivity index (χ1) is 4.79. The van der Waals surface area contributed by atoms with Gasteiger partial charge in [-0.15, -0.1) is 0 Å². The van der Waals surface area contributed by atoms with Crippen LogP contribution in [0.2, 0.25) is 0 Å². The second-order valence-electron chi connectivity index (χ2n) is 2.34. The molecule has 3 nitrogen and oxygen atoms in total. The first-order valence-electron chi connectivity index (χ1n) is 3.07. The lowest BCUT2D eigenvalue weighted by atomic mass is 10.4. The van der Waals surface area contributed by atoms with Crippen molar-refractivity contribution in [3.8, 4) is 0 Å². The van der Waals surface area contributed by atoms with Gasteiger partial charge >= 0.3 is 0 Å². The molecule has 0 saturated carbocycles. The molecular weight excluding hydrogens is 128 g/mol. The van der Waals surface area contributed by atoms with Crippen LogP contribution in [-0.2, 0) is 7.05 Å². The van der Waals surface area contributed by atoms with E-state index in [1.54, 1.807) is 6.26 Å². The number of hydrogen-bond acceptors (Lipinski definition) is 2. The predicted molar refractivity (Wildman–Crippen MR) is 39.6 cm³/mol. The van der Waals surface area contributed by atoms with E-state index in [0.29, 0.717) is 5.69 Å². The van der Waals surface area contributed by atoms with Crippen LogP contribution in [0.4, 0.5) is 5.69 Å². The minimum atomic E-state index is 0.704. The van der Waals surface area contributed by atoms with Crippen molar-refractivity contribution >= 4 is 16.8 Å². The lowest BCUT2D eigenvalue weighted by Crippen LogP contribution is -1.80. The van der Waals surface area contributed by atoms with Crippen LogP contribution in [0.1, 0.15) is 0 Å². The molecule has 2 heterocycles. The quantitative estimate of drug-likeness (QED) is 0.594. The van der Waals surface area contributed by atoms with Crippen LogP contribution in [0.15, 0.2) is 22.9 Å². The molecule has 0 fully saturated rings. The standard InChI is InChI=1S/C7H8N2O/c1-9-3-2-5-6(8)4-10-7(5)9/h2-4H,8H2,1H3. The van der Waals surface area contributed by atoms with Crippen molar-refractivity contribution in [2.24, 2.45) is 7.05 Å². The number of nitrogens with two attached hydrogens (primary N) is 1. The van der Waals surface area contributed by atoms with Gasteiger partial charge in [-0.3, -0.25) is 0 Å². The number of nitrogens with zero attached hydrogens (tertiary/aromatic N) is 1. The first-order valence-corrected chi connectivity index (χ1v) is 3.07. The average molecular weight is 136 g/mol. The summed E-state index contributed by atoms with van der Waals surface area (Å²) >= 11 is 0. The van der Waals surface area contributed by atoms with E-state index < -0.39 is 0 Å². The third-order valence-electron chi connectivity index (χ3n) is 1.62. The molecule has 0 saturated heterocycles. The van der Waals surface area contributed by atoms with Crippen LogP contribution in [0.25, 0.3) is 11.1 Å². The van der Waals surface area contributed by atoms with E-state index in [1.165, 1.54) is 0 Å². The van der Waals surface area contributed by atoms with Crippen molar-refractivity contribution < 1.29 is 4.42 Å². The summed E-state index contributed by atoms with van der Waals surface area (Å²) in [4.78, 5) is 0. The Morgan fingerprint density at radius 2 is 2.40 bits per heavy atom. The molecule has 0 unspecified atom stereocenters. The molecule has 0 amide bonds. The van der Waals surface area contributed by atoms with Crippen LogP contribution >= 0.6 is 0 Å². The van der Waals surface area contributed by atoms with Crippen molar-refractivity contribution in [1.29, 1.82) is 0 Å². The molecule has 0 aliphatic carbocycles. The molecule has 0 spiro atoms. The number of nitrogen functional groups attached to an aromatic ring is 1. The highest BCUT2D eigenvalue weighted by Crippen LogP contribution is 2.22. The van der Waals surface area contributed by atoms with E-state index in [2.05, 4.69) is 0 Å². The summed E-state index contributed by atoms with van der Waals surface area (Å²) in [5.41, 5.74) is 7.12. The molecule has 2 rings (SSSR count). The van der Waals surface area contributed by atoms with Gasteiger partial charge in [0, 0.05) is 13.2 Å². The number of rotatable bonds is 0. The van der Waals surface area contributed by atoms with Crippen LogP contribution in [0, 0.1) is 0 Å². The summed E-state index contributed by atoms with van der Waals surface area (Å²) in [6.45, 7) is 0. The molecule has 3 heteroatoms. The molecule has 2 N–H and O–H groups in total. The van der Waals surface area contributed by atoms with Gasteiger partial charge in [-0.1, -0.05) is 0 Å². The number of furan rings is 1. The molecule has 0 atom stereocenters. The van der Waals surface area contributed by atoms with Crippen molar-refractivity contribution in [2.75, 3.05) is 5.73 Å². The fourth-order valence-electron chi connectivity index (χ4n) is 1.06. The van der Waals surface area contributed by atoms with E-state index in [-0.39, 0.29) is 0 Å². The highest BCUT2D eigenvalue weighted by molar-refractivity contribution is 5.87. The minimum Gasteiger partial charge on any atom is -0.446 e. The Hall–Kier alpha value is -1.38. The Morgan fingerprint density at radius 1 is 1.60 bits per heavy atom. The van der Waals surface area contributed by atoms with Crippen molar-refractivity contribution in [2.45, 2.75) is 0 Å². The Kier molecular flexibility index (Phi) is 0.845. The van der Waals surface area contributed by atoms with E-state index >= 15 is 0 Å². The second-order valence-corrected chi connectivity index (χ2v) is 2.34. The monoisotopic (exact) mass is 136 g/mol. The van der Waals surface area contributed by atoms with Gasteiger partial charge in [-0.05, 0) is 6.07 Å². The van der Waals surface area contributed by atoms with E-state index in [9.17, 15) is 0 Å². The summed E-state index contributed by atoms with van der Waals surface area (Å²) in [5, 5.41) is 0.988. The third-order valence-corrected chi connectivity index (χ3v) is 1.62. The predicted octanol–water partition coefficient (Wildman–Crippen LogP) is 1.35. The lowest BCUT2D eigenvalue weighted by molar-refractivity contribution is 0.585. The molecule has 2 aromatic rings. The summed E-state index contributed by atoms with van der Waals surface area (Å²) in [7, 11) is 1.92. The number of aryl methyl sites for hydroxylation is 1. The van der Waals surface area contributed by atoms with Gasteiger partial charge in [0.15, 0.2) is 0 Å². The van der Waals surface area contributed by atoms with Crippen LogP contribution < -0.4 is 5.73 Å². The molecule has 0 aliphatic rings. The van der Waals surface area contributed by atoms with Gasteiger partial charge in [0.25, 0.3) is 0 Å². The highest BCUT2D eigenvalue weighted by Gasteiger charge is 2.03. The summed E-state index contributed by atoms with van der Waals surface area (Å²) in [5.74, 6) is 0. The van der Waals surface area contributed by atoms with Gasteiger partial charge in [-0.25, -0.2) is 0 Å². The van der Waals surface area contributed by atoms with Gasteiger partial charge in [0.1, 0.15) is 6.26 Å². The first kappa shape index (κ1) is 5.41. The van der Waals surface area contributed by atoms with Crippen LogP contribution in [-0.4, -0.2) is 4.57 Å². The number of anilines is 1. The Morgan fingerprint density at radius 3 is 3.10 bits per heavy atom. The summed E-state index contributed by atoms with van der Waals surface area (Å²) in [6.07, 6.45) is 3.48. The number of aromatic nitrogens is 1. The van der Waals surface area contributed by atoms with E-state index in [4.69, 9.17) is 10.2 Å². The SMILES string of the molecule is Cn1ccc2c(N)coc21. The van der Waals surface area contributed by atoms with E-state index in [0.717, 1.165) is 11.1 Å². The molecular formula is C7H8N2O. The molecule has 52 valence electrons. The van der Waals surface area contributed by atoms with Crippen molar-refractivity contribution in [1.82, 2.24) is 4.57 Å². The maximum atomic E-state index is 5.58. The minimum absolute atomic E-state index is 0.704. The molecule has 0 aliphatic heterocycles. The second kappa shape index (κ2) is 1.56. The highest BCUT2D eigenvalue weighted by atomic mass is 16.3. The van der Waals surface area contributed by atoms with Gasteiger partial charge in [-0.2, -0.15) is 0 Å². The lowest BCUT2D eigenvalue weighted by Gasteiger charge is -1.85. The van der Waals surface area contributed by atoms with Gasteiger partial charge < -0.3 is 14.7 Å². The molecule has 10 heavy (non-hydrogen) atoms. The zero-order valence-corrected chi connectivity index (χ0v) is 5.66. The van der Waals surface area contributed by atoms with Crippen LogP contribution in [0.5, 0.6) is 0 Å². The maximum absolute atomic E-state index is 5.58. The zero-order valence-electron chi connectivity index (χ0n) is 5.66. The average Bonchev–Trinajstić information content (AvgIpc) is 2.41. The van der Waals surface area contributed by atoms with Crippen molar-refractivity contribution in [3.63, 3.8) is 0 Å². The normalized spacial score (nSPS) is 10.9. The van der Waals surface area contributed by atoms with E-state index in [1.807, 2.05) is 23.9 Å². The zero-order chi connectivity index (χ0) is 7.14. The molecule has 2 aromatic heterocycles. The largest absolute Gasteiger partial charge is 0.446 e. The smallest absolute Gasteiger partial charge is 0.208 e. The van der Waals surface area contributed by atoms with Crippen LogP contribution in [0.3, 0.4) is 0 Å². The van der Waals surface area contributed by atoms with Crippen molar-refractivity contribution in [3.05, 3.63) is 18.5 Å². The molecule has 0 bridgehead atoms. The fraction of sp³-hybridized carbons (Fsp3) is 0.143. The Balaban J connectivity index is 2.95.